The van der Waals surface area contributed by atoms with Crippen LogP contribution in [0.5, 0.6) is 0 Å². The van der Waals surface area contributed by atoms with Gasteiger partial charge in [0.2, 0.25) is 5.91 Å². The van der Waals surface area contributed by atoms with E-state index in [0.717, 1.165) is 11.3 Å². The maximum atomic E-state index is 11.8. The second-order valence-electron chi connectivity index (χ2n) is 4.32. The summed E-state index contributed by atoms with van der Waals surface area (Å²) in [7, 11) is 0. The molecule has 0 spiro atoms. The molecule has 4 heteroatoms. The number of amides is 1. The number of nitrogens with one attached hydrogen (secondary N) is 1. The van der Waals surface area contributed by atoms with Gasteiger partial charge >= 0.3 is 0 Å². The summed E-state index contributed by atoms with van der Waals surface area (Å²) in [5.74, 6) is -0.0676. The highest BCUT2D eigenvalue weighted by Crippen LogP contribution is 2.12. The lowest BCUT2D eigenvalue weighted by atomic mass is 10.0. The van der Waals surface area contributed by atoms with E-state index in [2.05, 4.69) is 10.3 Å². The number of hydrogen-bond acceptors (Lipinski definition) is 3. The standard InChI is InChI=1S/C15H17N3O/c16-14(12-6-2-1-3-7-12)10-15(19)18-11-13-8-4-5-9-17-13/h1-9,14H,10-11,16H2,(H,18,19)/t14-/m1/s1. The van der Waals surface area contributed by atoms with Crippen LogP contribution in [0.4, 0.5) is 0 Å². The van der Waals surface area contributed by atoms with E-state index in [1.54, 1.807) is 6.20 Å². The van der Waals surface area contributed by atoms with E-state index in [1.165, 1.54) is 0 Å². The molecule has 0 aliphatic carbocycles. The molecule has 0 aliphatic heterocycles. The zero-order chi connectivity index (χ0) is 13.5. The minimum Gasteiger partial charge on any atom is -0.350 e. The van der Waals surface area contributed by atoms with Gasteiger partial charge in [-0.1, -0.05) is 36.4 Å². The van der Waals surface area contributed by atoms with E-state index >= 15 is 0 Å². The van der Waals surface area contributed by atoms with Crippen LogP contribution in [0.1, 0.15) is 23.7 Å². The molecule has 4 nitrogen and oxygen atoms in total. The summed E-state index contributed by atoms with van der Waals surface area (Å²) in [5, 5.41) is 2.82. The van der Waals surface area contributed by atoms with E-state index in [1.807, 2.05) is 48.5 Å². The van der Waals surface area contributed by atoms with Crippen LogP contribution in [0.25, 0.3) is 0 Å². The molecule has 0 bridgehead atoms. The molecule has 1 heterocycles. The van der Waals surface area contributed by atoms with Crippen LogP contribution in [-0.2, 0) is 11.3 Å². The summed E-state index contributed by atoms with van der Waals surface area (Å²) in [6, 6.07) is 15.0. The number of aromatic nitrogens is 1. The average Bonchev–Trinajstić information content (AvgIpc) is 2.47. The van der Waals surface area contributed by atoms with Gasteiger partial charge in [0.25, 0.3) is 0 Å². The van der Waals surface area contributed by atoms with Crippen LogP contribution >= 0.6 is 0 Å². The number of rotatable bonds is 5. The molecule has 2 aromatic rings. The first-order valence-electron chi connectivity index (χ1n) is 6.23. The average molecular weight is 255 g/mol. The maximum Gasteiger partial charge on any atom is 0.222 e. The van der Waals surface area contributed by atoms with E-state index < -0.39 is 0 Å². The normalized spacial score (nSPS) is 11.8. The Kier molecular flexibility index (Phi) is 4.64. The molecular weight excluding hydrogens is 238 g/mol. The summed E-state index contributed by atoms with van der Waals surface area (Å²) >= 11 is 0. The largest absolute Gasteiger partial charge is 0.350 e. The van der Waals surface area contributed by atoms with Crippen LogP contribution in [0.3, 0.4) is 0 Å². The smallest absolute Gasteiger partial charge is 0.222 e. The lowest BCUT2D eigenvalue weighted by molar-refractivity contribution is -0.121. The van der Waals surface area contributed by atoms with Crippen molar-refractivity contribution in [1.82, 2.24) is 10.3 Å². The number of benzene rings is 1. The molecule has 1 aromatic heterocycles. The van der Waals surface area contributed by atoms with Gasteiger partial charge in [-0.05, 0) is 17.7 Å². The Labute approximate surface area is 112 Å². The van der Waals surface area contributed by atoms with Crippen LogP contribution in [-0.4, -0.2) is 10.9 Å². The van der Waals surface area contributed by atoms with E-state index in [-0.39, 0.29) is 18.4 Å². The van der Waals surface area contributed by atoms with Gasteiger partial charge in [-0.15, -0.1) is 0 Å². The van der Waals surface area contributed by atoms with Crippen molar-refractivity contribution in [2.24, 2.45) is 5.73 Å². The van der Waals surface area contributed by atoms with Gasteiger partial charge in [0.15, 0.2) is 0 Å². The van der Waals surface area contributed by atoms with Crippen molar-refractivity contribution in [3.63, 3.8) is 0 Å². The molecule has 1 atom stereocenters. The maximum absolute atomic E-state index is 11.8. The second-order valence-corrected chi connectivity index (χ2v) is 4.32. The van der Waals surface area contributed by atoms with Crippen molar-refractivity contribution in [1.29, 1.82) is 0 Å². The summed E-state index contributed by atoms with van der Waals surface area (Å²) in [6.07, 6.45) is 1.98. The minimum absolute atomic E-state index is 0.0676. The third kappa shape index (κ3) is 4.19. The molecule has 1 amide bonds. The number of nitrogens with zero attached hydrogens (tertiary/aromatic N) is 1. The number of pyridine rings is 1. The Bertz CT molecular complexity index is 513. The topological polar surface area (TPSA) is 68.0 Å². The Balaban J connectivity index is 1.82. The molecule has 98 valence electrons. The zero-order valence-corrected chi connectivity index (χ0v) is 10.6. The van der Waals surface area contributed by atoms with Gasteiger partial charge in [0, 0.05) is 18.7 Å². The predicted octanol–water partition coefficient (Wildman–Crippen LogP) is 1.79. The van der Waals surface area contributed by atoms with E-state index in [0.29, 0.717) is 6.54 Å². The van der Waals surface area contributed by atoms with Crippen molar-refractivity contribution in [3.05, 3.63) is 66.0 Å². The molecule has 0 unspecified atom stereocenters. The molecule has 0 aliphatic rings. The summed E-state index contributed by atoms with van der Waals surface area (Å²) in [6.45, 7) is 0.432. The third-order valence-electron chi connectivity index (χ3n) is 2.83. The van der Waals surface area contributed by atoms with Crippen molar-refractivity contribution >= 4 is 5.91 Å². The molecule has 2 rings (SSSR count). The molecule has 0 saturated heterocycles. The summed E-state index contributed by atoms with van der Waals surface area (Å²) < 4.78 is 0. The Hall–Kier alpha value is -2.20. The first-order chi connectivity index (χ1) is 9.25. The second kappa shape index (κ2) is 6.66. The van der Waals surface area contributed by atoms with Gasteiger partial charge in [-0.3, -0.25) is 9.78 Å². The highest BCUT2D eigenvalue weighted by Gasteiger charge is 2.10. The molecule has 1 aromatic carbocycles. The van der Waals surface area contributed by atoms with Crippen LogP contribution in [0.2, 0.25) is 0 Å². The number of carbonyl (C=O) groups excluding carboxylic acids is 1. The van der Waals surface area contributed by atoms with Gasteiger partial charge in [0.1, 0.15) is 0 Å². The summed E-state index contributed by atoms with van der Waals surface area (Å²) in [4.78, 5) is 15.9. The molecule has 3 N–H and O–H groups in total. The fraction of sp³-hybridized carbons (Fsp3) is 0.200. The quantitative estimate of drug-likeness (QED) is 0.855. The highest BCUT2D eigenvalue weighted by atomic mass is 16.1. The molecule has 0 fully saturated rings. The highest BCUT2D eigenvalue weighted by molar-refractivity contribution is 5.76. The SMILES string of the molecule is N[C@H](CC(=O)NCc1ccccn1)c1ccccc1. The van der Waals surface area contributed by atoms with Crippen molar-refractivity contribution in [2.75, 3.05) is 0 Å². The Morgan fingerprint density at radius 1 is 1.16 bits per heavy atom. The first-order valence-corrected chi connectivity index (χ1v) is 6.23. The van der Waals surface area contributed by atoms with Crippen LogP contribution in [0.15, 0.2) is 54.7 Å². The monoisotopic (exact) mass is 255 g/mol. The molecule has 19 heavy (non-hydrogen) atoms. The fourth-order valence-electron chi connectivity index (χ4n) is 1.78. The molecule has 0 saturated carbocycles. The van der Waals surface area contributed by atoms with Crippen molar-refractivity contribution in [3.8, 4) is 0 Å². The Morgan fingerprint density at radius 2 is 1.89 bits per heavy atom. The number of hydrogen-bond donors (Lipinski definition) is 2. The van der Waals surface area contributed by atoms with Crippen molar-refractivity contribution < 1.29 is 4.79 Å². The van der Waals surface area contributed by atoms with Gasteiger partial charge in [0.05, 0.1) is 12.2 Å². The lowest BCUT2D eigenvalue weighted by Crippen LogP contribution is -2.27. The van der Waals surface area contributed by atoms with Gasteiger partial charge in [-0.2, -0.15) is 0 Å². The zero-order valence-electron chi connectivity index (χ0n) is 10.6. The van der Waals surface area contributed by atoms with Gasteiger partial charge < -0.3 is 11.1 Å². The fourth-order valence-corrected chi connectivity index (χ4v) is 1.78. The predicted molar refractivity (Wildman–Crippen MR) is 74.1 cm³/mol. The minimum atomic E-state index is -0.273. The van der Waals surface area contributed by atoms with Crippen LogP contribution < -0.4 is 11.1 Å². The van der Waals surface area contributed by atoms with Gasteiger partial charge in [-0.25, -0.2) is 0 Å². The third-order valence-corrected chi connectivity index (χ3v) is 2.83. The number of nitrogens with two attached hydrogens (primary N) is 1. The first kappa shape index (κ1) is 13.2. The lowest BCUT2D eigenvalue weighted by Gasteiger charge is -2.11. The van der Waals surface area contributed by atoms with E-state index in [4.69, 9.17) is 5.73 Å². The Morgan fingerprint density at radius 3 is 2.58 bits per heavy atom. The van der Waals surface area contributed by atoms with Crippen LogP contribution in [0, 0.1) is 0 Å². The van der Waals surface area contributed by atoms with Crippen molar-refractivity contribution in [2.45, 2.75) is 19.0 Å². The van der Waals surface area contributed by atoms with E-state index in [9.17, 15) is 4.79 Å². The molecular formula is C15H17N3O. The summed E-state index contributed by atoms with van der Waals surface area (Å²) in [5.41, 5.74) is 7.79. The number of carbonyl (C=O) groups is 1. The molecule has 0 radical (unpaired) electrons.